The molecule has 0 aliphatic heterocycles. The number of hydrogen-bond donors (Lipinski definition) is 1. The minimum absolute atomic E-state index is 0.804. The highest BCUT2D eigenvalue weighted by atomic mass is 32.1. The summed E-state index contributed by atoms with van der Waals surface area (Å²) in [5.41, 5.74) is 1.21. The number of nitrogens with zero attached hydrogens (tertiary/aromatic N) is 4. The van der Waals surface area contributed by atoms with E-state index in [1.54, 1.807) is 17.5 Å². The van der Waals surface area contributed by atoms with Crippen LogP contribution >= 0.6 is 11.3 Å². The molecule has 2 heterocycles. The summed E-state index contributed by atoms with van der Waals surface area (Å²) in [7, 11) is 2.07. The number of nitrogens with one attached hydrogen (secondary N) is 1. The quantitative estimate of drug-likeness (QED) is 0.864. The monoisotopic (exact) mass is 263 g/mol. The topological polar surface area (TPSA) is 53.9 Å². The van der Waals surface area contributed by atoms with Crippen LogP contribution in [-0.2, 0) is 13.1 Å². The van der Waals surface area contributed by atoms with Gasteiger partial charge in [-0.05, 0) is 25.6 Å². The molecule has 0 amide bonds. The lowest BCUT2D eigenvalue weighted by Crippen LogP contribution is -2.17. The number of hydrogen-bond acceptors (Lipinski definition) is 6. The highest BCUT2D eigenvalue weighted by Gasteiger charge is 2.07. The van der Waals surface area contributed by atoms with Crippen molar-refractivity contribution in [3.05, 3.63) is 35.1 Å². The Morgan fingerprint density at radius 2 is 2.22 bits per heavy atom. The van der Waals surface area contributed by atoms with Gasteiger partial charge in [-0.25, -0.2) is 0 Å². The molecule has 2 aromatic heterocycles. The maximum absolute atomic E-state index is 4.17. The van der Waals surface area contributed by atoms with Gasteiger partial charge in [0.15, 0.2) is 0 Å². The predicted molar refractivity (Wildman–Crippen MR) is 73.5 cm³/mol. The van der Waals surface area contributed by atoms with Gasteiger partial charge in [0.2, 0.25) is 5.13 Å². The maximum atomic E-state index is 4.17. The van der Waals surface area contributed by atoms with Gasteiger partial charge in [-0.1, -0.05) is 17.4 Å². The van der Waals surface area contributed by atoms with E-state index in [1.807, 2.05) is 12.3 Å². The van der Waals surface area contributed by atoms with Crippen LogP contribution in [0.15, 0.2) is 24.5 Å². The molecule has 2 aromatic rings. The smallest absolute Gasteiger partial charge is 0.205 e. The van der Waals surface area contributed by atoms with Gasteiger partial charge in [0.25, 0.3) is 0 Å². The van der Waals surface area contributed by atoms with Crippen molar-refractivity contribution in [1.82, 2.24) is 20.1 Å². The molecule has 0 aliphatic rings. The molecular formula is C12H17N5S. The average Bonchev–Trinajstić information content (AvgIpc) is 2.78. The molecule has 18 heavy (non-hydrogen) atoms. The van der Waals surface area contributed by atoms with Gasteiger partial charge < -0.3 is 5.32 Å². The Bertz CT molecular complexity index is 470. The standard InChI is InChI=1S/C12H17N5S/c1-3-14-12-16-15-11(18-12)9-17(2)8-10-5-4-6-13-7-10/h4-7H,3,8-9H2,1-2H3,(H,14,16). The first-order chi connectivity index (χ1) is 8.78. The minimum atomic E-state index is 0.804. The van der Waals surface area contributed by atoms with Crippen LogP contribution in [0, 0.1) is 0 Å². The molecule has 96 valence electrons. The van der Waals surface area contributed by atoms with E-state index < -0.39 is 0 Å². The number of aromatic nitrogens is 3. The van der Waals surface area contributed by atoms with Crippen molar-refractivity contribution in [3.8, 4) is 0 Å². The van der Waals surface area contributed by atoms with Crippen molar-refractivity contribution < 1.29 is 0 Å². The van der Waals surface area contributed by atoms with Crippen LogP contribution in [0.1, 0.15) is 17.5 Å². The fraction of sp³-hybridized carbons (Fsp3) is 0.417. The Labute approximate surface area is 111 Å². The molecule has 0 atom stereocenters. The van der Waals surface area contributed by atoms with Crippen molar-refractivity contribution in [2.24, 2.45) is 0 Å². The maximum Gasteiger partial charge on any atom is 0.205 e. The number of pyridine rings is 1. The highest BCUT2D eigenvalue weighted by molar-refractivity contribution is 7.15. The van der Waals surface area contributed by atoms with Crippen LogP contribution < -0.4 is 5.32 Å². The second-order valence-electron chi connectivity index (χ2n) is 4.06. The zero-order valence-corrected chi connectivity index (χ0v) is 11.4. The number of anilines is 1. The lowest BCUT2D eigenvalue weighted by atomic mass is 10.3. The van der Waals surface area contributed by atoms with Crippen molar-refractivity contribution in [1.29, 1.82) is 0 Å². The summed E-state index contributed by atoms with van der Waals surface area (Å²) in [5.74, 6) is 0. The molecule has 2 rings (SSSR count). The third kappa shape index (κ3) is 3.75. The van der Waals surface area contributed by atoms with Crippen LogP contribution in [0.4, 0.5) is 5.13 Å². The zero-order chi connectivity index (χ0) is 12.8. The molecule has 0 unspecified atom stereocenters. The first-order valence-electron chi connectivity index (χ1n) is 5.91. The van der Waals surface area contributed by atoms with Gasteiger partial charge in [0, 0.05) is 25.5 Å². The van der Waals surface area contributed by atoms with E-state index in [-0.39, 0.29) is 0 Å². The van der Waals surface area contributed by atoms with E-state index in [0.29, 0.717) is 0 Å². The number of rotatable bonds is 6. The van der Waals surface area contributed by atoms with E-state index >= 15 is 0 Å². The van der Waals surface area contributed by atoms with Gasteiger partial charge in [-0.15, -0.1) is 10.2 Å². The van der Waals surface area contributed by atoms with Gasteiger partial charge in [-0.2, -0.15) is 0 Å². The zero-order valence-electron chi connectivity index (χ0n) is 10.6. The Morgan fingerprint density at radius 3 is 2.94 bits per heavy atom. The minimum Gasteiger partial charge on any atom is -0.360 e. The van der Waals surface area contributed by atoms with Crippen molar-refractivity contribution >= 4 is 16.5 Å². The first kappa shape index (κ1) is 12.9. The molecule has 5 nitrogen and oxygen atoms in total. The molecule has 0 bridgehead atoms. The van der Waals surface area contributed by atoms with Crippen LogP contribution in [0.3, 0.4) is 0 Å². The lowest BCUT2D eigenvalue weighted by Gasteiger charge is -2.14. The second kappa shape index (κ2) is 6.42. The second-order valence-corrected chi connectivity index (χ2v) is 5.13. The summed E-state index contributed by atoms with van der Waals surface area (Å²) < 4.78 is 0. The largest absolute Gasteiger partial charge is 0.360 e. The normalized spacial score (nSPS) is 10.8. The van der Waals surface area contributed by atoms with Gasteiger partial charge in [-0.3, -0.25) is 9.88 Å². The van der Waals surface area contributed by atoms with Crippen molar-refractivity contribution in [3.63, 3.8) is 0 Å². The van der Waals surface area contributed by atoms with E-state index in [4.69, 9.17) is 0 Å². The lowest BCUT2D eigenvalue weighted by molar-refractivity contribution is 0.317. The Morgan fingerprint density at radius 1 is 1.33 bits per heavy atom. The van der Waals surface area contributed by atoms with Gasteiger partial charge in [0.1, 0.15) is 5.01 Å². The molecule has 0 radical (unpaired) electrons. The van der Waals surface area contributed by atoms with Crippen LogP contribution in [0.5, 0.6) is 0 Å². The average molecular weight is 263 g/mol. The summed E-state index contributed by atoms with van der Waals surface area (Å²) in [5, 5.41) is 13.3. The van der Waals surface area contributed by atoms with E-state index in [1.165, 1.54) is 5.56 Å². The summed E-state index contributed by atoms with van der Waals surface area (Å²) in [6, 6.07) is 4.03. The first-order valence-corrected chi connectivity index (χ1v) is 6.73. The fourth-order valence-electron chi connectivity index (χ4n) is 1.63. The fourth-order valence-corrected chi connectivity index (χ4v) is 2.52. The van der Waals surface area contributed by atoms with Crippen molar-refractivity contribution in [2.45, 2.75) is 20.0 Å². The van der Waals surface area contributed by atoms with Gasteiger partial charge >= 0.3 is 0 Å². The van der Waals surface area contributed by atoms with Crippen LogP contribution in [0.25, 0.3) is 0 Å². The predicted octanol–water partition coefficient (Wildman–Crippen LogP) is 2.00. The van der Waals surface area contributed by atoms with E-state index in [9.17, 15) is 0 Å². The van der Waals surface area contributed by atoms with Crippen molar-refractivity contribution in [2.75, 3.05) is 18.9 Å². The SMILES string of the molecule is CCNc1nnc(CN(C)Cc2cccnc2)s1. The Balaban J connectivity index is 1.88. The molecule has 6 heteroatoms. The van der Waals surface area contributed by atoms with Gasteiger partial charge in [0.05, 0.1) is 6.54 Å². The molecule has 0 fully saturated rings. The highest BCUT2D eigenvalue weighted by Crippen LogP contribution is 2.16. The van der Waals surface area contributed by atoms with E-state index in [0.717, 1.165) is 29.8 Å². The van der Waals surface area contributed by atoms with E-state index in [2.05, 4.69) is 45.4 Å². The summed E-state index contributed by atoms with van der Waals surface area (Å²) in [6.45, 7) is 4.59. The molecular weight excluding hydrogens is 246 g/mol. The Hall–Kier alpha value is -1.53. The summed E-state index contributed by atoms with van der Waals surface area (Å²) in [6.07, 6.45) is 3.68. The Kier molecular flexibility index (Phi) is 4.60. The molecule has 0 spiro atoms. The third-order valence-corrected chi connectivity index (χ3v) is 3.24. The molecule has 0 saturated carbocycles. The third-order valence-electron chi connectivity index (χ3n) is 2.38. The van der Waals surface area contributed by atoms with Crippen LogP contribution in [0.2, 0.25) is 0 Å². The molecule has 0 aliphatic carbocycles. The van der Waals surface area contributed by atoms with Crippen LogP contribution in [-0.4, -0.2) is 33.7 Å². The summed E-state index contributed by atoms with van der Waals surface area (Å²) in [4.78, 5) is 6.31. The molecule has 1 N–H and O–H groups in total. The molecule has 0 aromatic carbocycles. The molecule has 0 saturated heterocycles. The summed E-state index contributed by atoms with van der Waals surface area (Å²) >= 11 is 1.61.